The van der Waals surface area contributed by atoms with E-state index in [9.17, 15) is 9.90 Å². The second-order valence-electron chi connectivity index (χ2n) is 14.8. The molecule has 0 bridgehead atoms. The number of aliphatic hydroxyl groups is 1. The molecule has 1 heterocycles. The average molecular weight is 781 g/mol. The summed E-state index contributed by atoms with van der Waals surface area (Å²) in [7, 11) is 0. The summed E-state index contributed by atoms with van der Waals surface area (Å²) in [5, 5.41) is 11.8. The number of carbonyl (C=O) groups is 1. The molecule has 3 aromatic carbocycles. The molecule has 0 spiro atoms. The van der Waals surface area contributed by atoms with Gasteiger partial charge in [-0.2, -0.15) is 0 Å². The first-order chi connectivity index (χ1) is 20.6. The summed E-state index contributed by atoms with van der Waals surface area (Å²) in [5.74, 6) is 1.59. The van der Waals surface area contributed by atoms with Gasteiger partial charge < -0.3 is 10.1 Å². The van der Waals surface area contributed by atoms with Crippen molar-refractivity contribution in [1.82, 2.24) is 4.98 Å². The summed E-state index contributed by atoms with van der Waals surface area (Å²) in [6.45, 7) is 21.6. The third-order valence-electron chi connectivity index (χ3n) is 7.92. The van der Waals surface area contributed by atoms with Gasteiger partial charge in [0.25, 0.3) is 0 Å². The summed E-state index contributed by atoms with van der Waals surface area (Å²) < 4.78 is 0. The molecule has 1 N–H and O–H groups in total. The maximum Gasteiger partial charge on any atom is 0.159 e. The summed E-state index contributed by atoms with van der Waals surface area (Å²) in [6.07, 6.45) is 5.48. The summed E-state index contributed by atoms with van der Waals surface area (Å²) >= 11 is 0. The molecule has 0 atom stereocenters. The first kappa shape index (κ1) is 36.4. The monoisotopic (exact) mass is 781 g/mol. The van der Waals surface area contributed by atoms with Crippen molar-refractivity contribution < 1.29 is 30.0 Å². The van der Waals surface area contributed by atoms with Crippen molar-refractivity contribution in [3.05, 3.63) is 89.3 Å². The number of nitrogens with zero attached hydrogens (tertiary/aromatic N) is 1. The van der Waals surface area contributed by atoms with Crippen LogP contribution in [-0.4, -0.2) is 15.9 Å². The molecular formula is C41H50IrNO2-. The Morgan fingerprint density at radius 1 is 0.867 bits per heavy atom. The Labute approximate surface area is 284 Å². The van der Waals surface area contributed by atoms with E-state index in [2.05, 4.69) is 96.1 Å². The number of fused-ring (bicyclic) bond motifs is 5. The molecule has 0 amide bonds. The van der Waals surface area contributed by atoms with Crippen molar-refractivity contribution in [2.75, 3.05) is 0 Å². The van der Waals surface area contributed by atoms with E-state index in [-0.39, 0.29) is 37.1 Å². The van der Waals surface area contributed by atoms with E-state index in [4.69, 9.17) is 4.98 Å². The van der Waals surface area contributed by atoms with Crippen LogP contribution in [0.2, 0.25) is 0 Å². The smallest absolute Gasteiger partial charge is 0.159 e. The third kappa shape index (κ3) is 9.02. The zero-order chi connectivity index (χ0) is 32.3. The van der Waals surface area contributed by atoms with Crippen molar-refractivity contribution in [1.29, 1.82) is 0 Å². The molecule has 1 aromatic heterocycles. The standard InChI is InChI=1S/C30H30N.C11H20O2.Ir/c1-18(2)13-20-8-10-24-26(15-20)25-14-19(3)7-9-23(25)27-17-22(30(4,5)6)16-21-11-12-31-29(24)28(21)27;1-8(2)5-10(12)7-11(13)6-9(3)4;/h7-9,11-12,14-18H,13H2,1-6H3;7-9,12H,5-6H2,1-4H3;/q-1;;/b;10-7-;. The maximum atomic E-state index is 11.2. The van der Waals surface area contributed by atoms with Crippen molar-refractivity contribution in [2.24, 2.45) is 17.8 Å². The Kier molecular flexibility index (Phi) is 12.1. The predicted molar refractivity (Wildman–Crippen MR) is 187 cm³/mol. The van der Waals surface area contributed by atoms with Crippen LogP contribution < -0.4 is 0 Å². The van der Waals surface area contributed by atoms with Crippen molar-refractivity contribution in [3.63, 3.8) is 0 Å². The third-order valence-corrected chi connectivity index (χ3v) is 7.92. The number of aromatic nitrogens is 1. The van der Waals surface area contributed by atoms with E-state index < -0.39 is 0 Å². The summed E-state index contributed by atoms with van der Waals surface area (Å²) in [6, 6.07) is 22.0. The van der Waals surface area contributed by atoms with Gasteiger partial charge in [0.05, 0.1) is 5.76 Å². The van der Waals surface area contributed by atoms with Gasteiger partial charge in [0.2, 0.25) is 0 Å². The number of ketones is 1. The van der Waals surface area contributed by atoms with Crippen LogP contribution in [0.1, 0.15) is 91.8 Å². The zero-order valence-electron chi connectivity index (χ0n) is 28.8. The van der Waals surface area contributed by atoms with Crippen LogP contribution >= 0.6 is 0 Å². The first-order valence-corrected chi connectivity index (χ1v) is 16.2. The molecule has 0 aliphatic heterocycles. The quantitative estimate of drug-likeness (QED) is 0.102. The molecule has 5 rings (SSSR count). The zero-order valence-corrected chi connectivity index (χ0v) is 31.2. The summed E-state index contributed by atoms with van der Waals surface area (Å²) in [5.41, 5.74) is 11.4. The van der Waals surface area contributed by atoms with Crippen LogP contribution in [-0.2, 0) is 36.7 Å². The number of aliphatic hydroxyl groups excluding tert-OH is 1. The van der Waals surface area contributed by atoms with E-state index in [0.29, 0.717) is 30.6 Å². The Balaban J connectivity index is 0.000000338. The maximum absolute atomic E-state index is 11.2. The van der Waals surface area contributed by atoms with Gasteiger partial charge in [-0.15, -0.1) is 29.3 Å². The molecular weight excluding hydrogens is 731 g/mol. The second kappa shape index (κ2) is 15.0. The topological polar surface area (TPSA) is 50.2 Å². The Morgan fingerprint density at radius 3 is 2.18 bits per heavy atom. The number of hydrogen-bond donors (Lipinski definition) is 1. The van der Waals surface area contributed by atoms with Gasteiger partial charge in [0.1, 0.15) is 0 Å². The number of carbonyl (C=O) groups excluding carboxylic acids is 1. The van der Waals surface area contributed by atoms with Crippen molar-refractivity contribution >= 4 is 16.6 Å². The fraction of sp³-hybridized carbons (Fsp3) is 0.415. The number of rotatable bonds is 7. The SMILES string of the molecule is CC(C)CC(=O)/C=C(\O)CC(C)C.Cc1ccc2c(c1)-c1cc(CC(C)C)c[c-]c1-c1nccc3cc(C(C)(C)C)cc-2c13.[Ir]. The fourth-order valence-corrected chi connectivity index (χ4v) is 5.93. The van der Waals surface area contributed by atoms with Gasteiger partial charge in [0, 0.05) is 45.2 Å². The summed E-state index contributed by atoms with van der Waals surface area (Å²) in [4.78, 5) is 16.1. The van der Waals surface area contributed by atoms with Crippen LogP contribution in [0.3, 0.4) is 0 Å². The van der Waals surface area contributed by atoms with E-state index in [0.717, 1.165) is 17.7 Å². The van der Waals surface area contributed by atoms with Gasteiger partial charge in [-0.25, -0.2) is 0 Å². The molecule has 0 fully saturated rings. The first-order valence-electron chi connectivity index (χ1n) is 16.2. The number of allylic oxidation sites excluding steroid dienone is 2. The largest absolute Gasteiger partial charge is 0.512 e. The Bertz CT molecular complexity index is 1690. The normalized spacial score (nSPS) is 12.3. The molecule has 241 valence electrons. The minimum Gasteiger partial charge on any atom is -0.512 e. The molecule has 4 aromatic rings. The molecule has 4 heteroatoms. The molecule has 3 nitrogen and oxygen atoms in total. The molecule has 0 unspecified atom stereocenters. The molecule has 1 radical (unpaired) electrons. The Morgan fingerprint density at radius 2 is 1.56 bits per heavy atom. The van der Waals surface area contributed by atoms with E-state index in [1.54, 1.807) is 0 Å². The van der Waals surface area contributed by atoms with Gasteiger partial charge in [0.15, 0.2) is 5.78 Å². The minimum absolute atomic E-state index is 0. The van der Waals surface area contributed by atoms with Crippen LogP contribution in [0.25, 0.3) is 44.3 Å². The Hall–Kier alpha value is -3.07. The molecule has 0 saturated carbocycles. The molecule has 1 aliphatic rings. The molecule has 45 heavy (non-hydrogen) atoms. The fourth-order valence-electron chi connectivity index (χ4n) is 5.93. The van der Waals surface area contributed by atoms with Crippen LogP contribution in [0, 0.1) is 30.7 Å². The van der Waals surface area contributed by atoms with Gasteiger partial charge >= 0.3 is 0 Å². The number of pyridine rings is 1. The molecule has 0 saturated heterocycles. The van der Waals surface area contributed by atoms with Crippen molar-refractivity contribution in [2.45, 2.75) is 93.9 Å². The number of hydrogen-bond acceptors (Lipinski definition) is 3. The van der Waals surface area contributed by atoms with Crippen LogP contribution in [0.4, 0.5) is 0 Å². The van der Waals surface area contributed by atoms with Crippen LogP contribution in [0.15, 0.2) is 66.6 Å². The van der Waals surface area contributed by atoms with E-state index >= 15 is 0 Å². The van der Waals surface area contributed by atoms with Crippen molar-refractivity contribution in [3.8, 4) is 33.5 Å². The van der Waals surface area contributed by atoms with E-state index in [1.165, 1.54) is 55.8 Å². The van der Waals surface area contributed by atoms with Gasteiger partial charge in [-0.1, -0.05) is 122 Å². The van der Waals surface area contributed by atoms with Gasteiger partial charge in [-0.3, -0.25) is 4.79 Å². The minimum atomic E-state index is 0. The predicted octanol–water partition coefficient (Wildman–Crippen LogP) is 11.2. The second-order valence-corrected chi connectivity index (χ2v) is 14.8. The number of benzene rings is 3. The van der Waals surface area contributed by atoms with Crippen LogP contribution in [0.5, 0.6) is 0 Å². The molecule has 1 aliphatic carbocycles. The number of aryl methyl sites for hydroxylation is 1. The van der Waals surface area contributed by atoms with E-state index in [1.807, 2.05) is 33.9 Å². The average Bonchev–Trinajstić information content (AvgIpc) is 3.01. The van der Waals surface area contributed by atoms with Gasteiger partial charge in [-0.05, 0) is 63.4 Å².